The second-order valence-corrected chi connectivity index (χ2v) is 5.00. The largest absolute Gasteiger partial charge is 0.508 e. The first-order chi connectivity index (χ1) is 8.36. The minimum absolute atomic E-state index is 0.0903. The maximum atomic E-state index is 8.82. The number of rotatable bonds is 0. The van der Waals surface area contributed by atoms with Crippen LogP contribution in [0.4, 0.5) is 0 Å². The molecule has 0 fully saturated rings. The Hall–Kier alpha value is -0.800. The van der Waals surface area contributed by atoms with Crippen LogP contribution in [0.1, 0.15) is 0 Å². The van der Waals surface area contributed by atoms with E-state index in [1.807, 2.05) is 0 Å². The SMILES string of the molecule is Oc1cc(Cl)cc(Cl)c1.Oc1cc(Cl)cc(Cl)c1. The molecule has 0 bridgehead atoms. The Kier molecular flexibility index (Phi) is 5.89. The van der Waals surface area contributed by atoms with Gasteiger partial charge in [0.2, 0.25) is 0 Å². The van der Waals surface area contributed by atoms with E-state index in [1.165, 1.54) is 24.3 Å². The molecule has 0 atom stereocenters. The summed E-state index contributed by atoms with van der Waals surface area (Å²) in [6.45, 7) is 0. The highest BCUT2D eigenvalue weighted by Crippen LogP contribution is 2.23. The quantitative estimate of drug-likeness (QED) is 0.681. The highest BCUT2D eigenvalue weighted by molar-refractivity contribution is 6.35. The highest BCUT2D eigenvalue weighted by Gasteiger charge is 1.93. The van der Waals surface area contributed by atoms with Gasteiger partial charge < -0.3 is 10.2 Å². The topological polar surface area (TPSA) is 40.5 Å². The van der Waals surface area contributed by atoms with E-state index >= 15 is 0 Å². The normalized spacial score (nSPS) is 9.56. The zero-order valence-corrected chi connectivity index (χ0v) is 11.9. The van der Waals surface area contributed by atoms with Crippen LogP contribution in [0.5, 0.6) is 11.5 Å². The van der Waals surface area contributed by atoms with Crippen molar-refractivity contribution in [2.75, 3.05) is 0 Å². The Bertz CT molecular complexity index is 393. The molecule has 0 aromatic heterocycles. The van der Waals surface area contributed by atoms with Crippen LogP contribution in [-0.2, 0) is 0 Å². The van der Waals surface area contributed by atoms with Gasteiger partial charge in [0.05, 0.1) is 0 Å². The molecule has 2 rings (SSSR count). The third kappa shape index (κ3) is 5.69. The van der Waals surface area contributed by atoms with Crippen molar-refractivity contribution in [2.45, 2.75) is 0 Å². The van der Waals surface area contributed by atoms with Crippen LogP contribution in [0.15, 0.2) is 36.4 Å². The van der Waals surface area contributed by atoms with E-state index in [2.05, 4.69) is 0 Å². The molecule has 6 heteroatoms. The fourth-order valence-electron chi connectivity index (χ4n) is 1.08. The predicted molar refractivity (Wildman–Crippen MR) is 76.3 cm³/mol. The van der Waals surface area contributed by atoms with E-state index in [4.69, 9.17) is 56.6 Å². The summed E-state index contributed by atoms with van der Waals surface area (Å²) >= 11 is 22.0. The molecule has 2 nitrogen and oxygen atoms in total. The van der Waals surface area contributed by atoms with Gasteiger partial charge in [-0.3, -0.25) is 0 Å². The van der Waals surface area contributed by atoms with E-state index in [9.17, 15) is 0 Å². The minimum atomic E-state index is 0.0903. The highest BCUT2D eigenvalue weighted by atomic mass is 35.5. The van der Waals surface area contributed by atoms with Gasteiger partial charge in [0.1, 0.15) is 11.5 Å². The molecule has 0 aliphatic carbocycles. The van der Waals surface area contributed by atoms with Crippen molar-refractivity contribution < 1.29 is 10.2 Å². The standard InChI is InChI=1S/2C6H4Cl2O/c2*7-4-1-5(8)3-6(9)2-4/h2*1-3,9H. The van der Waals surface area contributed by atoms with Gasteiger partial charge in [-0.1, -0.05) is 46.4 Å². The van der Waals surface area contributed by atoms with E-state index in [0.717, 1.165) is 0 Å². The number of hydrogen-bond acceptors (Lipinski definition) is 2. The van der Waals surface area contributed by atoms with Crippen LogP contribution in [-0.4, -0.2) is 10.2 Å². The van der Waals surface area contributed by atoms with Crippen molar-refractivity contribution in [3.8, 4) is 11.5 Å². The fourth-order valence-corrected chi connectivity index (χ4v) is 2.11. The van der Waals surface area contributed by atoms with E-state index in [-0.39, 0.29) is 11.5 Å². The number of phenolic OH excluding ortho intramolecular Hbond substituents is 2. The average Bonchev–Trinajstić information content (AvgIpc) is 2.12. The fraction of sp³-hybridized carbons (Fsp3) is 0. The van der Waals surface area contributed by atoms with Gasteiger partial charge in [-0.2, -0.15) is 0 Å². The lowest BCUT2D eigenvalue weighted by Gasteiger charge is -1.92. The summed E-state index contributed by atoms with van der Waals surface area (Å²) < 4.78 is 0. The molecule has 0 spiro atoms. The van der Waals surface area contributed by atoms with Gasteiger partial charge in [0.15, 0.2) is 0 Å². The van der Waals surface area contributed by atoms with Crippen LogP contribution < -0.4 is 0 Å². The number of aromatic hydroxyl groups is 2. The number of phenols is 2. The summed E-state index contributed by atoms with van der Waals surface area (Å²) in [5, 5.41) is 19.4. The summed E-state index contributed by atoms with van der Waals surface area (Å²) in [6.07, 6.45) is 0. The van der Waals surface area contributed by atoms with E-state index < -0.39 is 0 Å². The van der Waals surface area contributed by atoms with Gasteiger partial charge in [-0.25, -0.2) is 0 Å². The van der Waals surface area contributed by atoms with Crippen LogP contribution in [0.3, 0.4) is 0 Å². The smallest absolute Gasteiger partial charge is 0.118 e. The third-order valence-corrected chi connectivity index (χ3v) is 2.57. The molecule has 0 amide bonds. The number of hydrogen-bond donors (Lipinski definition) is 2. The molecule has 0 unspecified atom stereocenters. The molecular weight excluding hydrogens is 318 g/mol. The lowest BCUT2D eigenvalue weighted by Crippen LogP contribution is -1.65. The molecule has 0 aliphatic heterocycles. The maximum Gasteiger partial charge on any atom is 0.118 e. The first-order valence-electron chi connectivity index (χ1n) is 4.67. The summed E-state index contributed by atoms with van der Waals surface area (Å²) in [5.74, 6) is 0.181. The first-order valence-corrected chi connectivity index (χ1v) is 6.18. The van der Waals surface area contributed by atoms with Crippen molar-refractivity contribution in [1.29, 1.82) is 0 Å². The van der Waals surface area contributed by atoms with Crippen LogP contribution in [0, 0.1) is 0 Å². The first kappa shape index (κ1) is 15.3. The Morgan fingerprint density at radius 2 is 0.722 bits per heavy atom. The molecule has 96 valence electrons. The lowest BCUT2D eigenvalue weighted by molar-refractivity contribution is 0.475. The molecule has 18 heavy (non-hydrogen) atoms. The molecule has 0 aliphatic rings. The van der Waals surface area contributed by atoms with Crippen molar-refractivity contribution in [2.24, 2.45) is 0 Å². The predicted octanol–water partition coefficient (Wildman–Crippen LogP) is 5.40. The molecule has 0 saturated heterocycles. The molecule has 0 radical (unpaired) electrons. The molecule has 2 N–H and O–H groups in total. The van der Waals surface area contributed by atoms with Gasteiger partial charge in [-0.05, 0) is 36.4 Å². The minimum Gasteiger partial charge on any atom is -0.508 e. The van der Waals surface area contributed by atoms with Gasteiger partial charge in [-0.15, -0.1) is 0 Å². The summed E-state index contributed by atoms with van der Waals surface area (Å²) in [6, 6.07) is 8.81. The summed E-state index contributed by atoms with van der Waals surface area (Å²) in [5.41, 5.74) is 0. The third-order valence-electron chi connectivity index (χ3n) is 1.69. The zero-order valence-electron chi connectivity index (χ0n) is 8.87. The zero-order chi connectivity index (χ0) is 13.7. The maximum absolute atomic E-state index is 8.82. The van der Waals surface area contributed by atoms with Crippen LogP contribution >= 0.6 is 46.4 Å². The summed E-state index contributed by atoms with van der Waals surface area (Å²) in [7, 11) is 0. The van der Waals surface area contributed by atoms with Crippen molar-refractivity contribution in [1.82, 2.24) is 0 Å². The Labute approximate surface area is 124 Å². The molecule has 0 saturated carbocycles. The molecule has 2 aromatic carbocycles. The van der Waals surface area contributed by atoms with Gasteiger partial charge >= 0.3 is 0 Å². The Morgan fingerprint density at radius 3 is 0.889 bits per heavy atom. The lowest BCUT2D eigenvalue weighted by atomic mass is 10.3. The number of halogens is 4. The second-order valence-electron chi connectivity index (χ2n) is 3.26. The molecule has 0 heterocycles. The molecule has 2 aromatic rings. The Balaban J connectivity index is 0.000000180. The van der Waals surface area contributed by atoms with Crippen molar-refractivity contribution in [3.05, 3.63) is 56.5 Å². The van der Waals surface area contributed by atoms with Gasteiger partial charge in [0, 0.05) is 20.1 Å². The van der Waals surface area contributed by atoms with Gasteiger partial charge in [0.25, 0.3) is 0 Å². The van der Waals surface area contributed by atoms with Crippen molar-refractivity contribution in [3.63, 3.8) is 0 Å². The molecular formula is C12H8Cl4O2. The van der Waals surface area contributed by atoms with Crippen molar-refractivity contribution >= 4 is 46.4 Å². The van der Waals surface area contributed by atoms with Crippen LogP contribution in [0.2, 0.25) is 20.1 Å². The average molecular weight is 326 g/mol. The summed E-state index contributed by atoms with van der Waals surface area (Å²) in [4.78, 5) is 0. The number of benzene rings is 2. The van der Waals surface area contributed by atoms with E-state index in [0.29, 0.717) is 20.1 Å². The Morgan fingerprint density at radius 1 is 0.500 bits per heavy atom. The van der Waals surface area contributed by atoms with Crippen LogP contribution in [0.25, 0.3) is 0 Å². The van der Waals surface area contributed by atoms with E-state index in [1.54, 1.807) is 12.1 Å². The monoisotopic (exact) mass is 324 g/mol. The second kappa shape index (κ2) is 6.95.